The van der Waals surface area contributed by atoms with Crippen LogP contribution in [0.3, 0.4) is 0 Å². The van der Waals surface area contributed by atoms with Crippen molar-refractivity contribution in [2.24, 2.45) is 0 Å². The van der Waals surface area contributed by atoms with Crippen LogP contribution < -0.4 is 4.90 Å². The Bertz CT molecular complexity index is 827. The predicted octanol–water partition coefficient (Wildman–Crippen LogP) is 3.61. The van der Waals surface area contributed by atoms with Crippen LogP contribution in [0.1, 0.15) is 32.3 Å². The lowest BCUT2D eigenvalue weighted by Crippen LogP contribution is -2.29. The highest BCUT2D eigenvalue weighted by Crippen LogP contribution is 2.44. The third-order valence-electron chi connectivity index (χ3n) is 4.59. The van der Waals surface area contributed by atoms with Gasteiger partial charge in [-0.15, -0.1) is 0 Å². The number of hydrogen-bond donors (Lipinski definition) is 1. The van der Waals surface area contributed by atoms with Crippen LogP contribution in [0.25, 0.3) is 10.8 Å². The molecule has 23 heavy (non-hydrogen) atoms. The molecule has 0 radical (unpaired) electrons. The summed E-state index contributed by atoms with van der Waals surface area (Å²) in [5.41, 5.74) is 2.70. The van der Waals surface area contributed by atoms with Crippen molar-refractivity contribution >= 4 is 26.6 Å². The lowest BCUT2D eigenvalue weighted by Gasteiger charge is -2.22. The summed E-state index contributed by atoms with van der Waals surface area (Å²) in [5.74, 6) is -0.158. The zero-order chi connectivity index (χ0) is 16.7. The van der Waals surface area contributed by atoms with Gasteiger partial charge in [0.2, 0.25) is 0 Å². The SMILES string of the molecule is CC1(C)CN(CCCCS(=O)(=O)O)c2ccc3ccccc3c21. The van der Waals surface area contributed by atoms with Gasteiger partial charge < -0.3 is 4.90 Å². The Morgan fingerprint density at radius 1 is 1.13 bits per heavy atom. The van der Waals surface area contributed by atoms with Crippen molar-refractivity contribution < 1.29 is 13.0 Å². The third kappa shape index (κ3) is 3.35. The smallest absolute Gasteiger partial charge is 0.264 e. The summed E-state index contributed by atoms with van der Waals surface area (Å²) in [4.78, 5) is 2.34. The summed E-state index contributed by atoms with van der Waals surface area (Å²) in [6, 6.07) is 12.8. The molecule has 4 nitrogen and oxygen atoms in total. The molecule has 3 rings (SSSR count). The Labute approximate surface area is 137 Å². The number of unbranched alkanes of at least 4 members (excludes halogenated alkanes) is 1. The van der Waals surface area contributed by atoms with Crippen molar-refractivity contribution in [3.8, 4) is 0 Å². The van der Waals surface area contributed by atoms with Gasteiger partial charge in [-0.05, 0) is 35.2 Å². The van der Waals surface area contributed by atoms with Crippen molar-refractivity contribution in [1.29, 1.82) is 0 Å². The average Bonchev–Trinajstić information content (AvgIpc) is 2.74. The van der Waals surface area contributed by atoms with Crippen molar-refractivity contribution in [1.82, 2.24) is 0 Å². The van der Waals surface area contributed by atoms with E-state index in [1.54, 1.807) is 0 Å². The minimum atomic E-state index is -3.85. The molecule has 1 aliphatic rings. The van der Waals surface area contributed by atoms with Crippen LogP contribution in [0.2, 0.25) is 0 Å². The molecule has 0 spiro atoms. The zero-order valence-corrected chi connectivity index (χ0v) is 14.4. The van der Waals surface area contributed by atoms with E-state index in [0.717, 1.165) is 19.5 Å². The van der Waals surface area contributed by atoms with Crippen LogP contribution >= 0.6 is 0 Å². The highest BCUT2D eigenvalue weighted by atomic mass is 32.2. The number of benzene rings is 2. The van der Waals surface area contributed by atoms with Crippen LogP contribution in [-0.4, -0.2) is 31.8 Å². The molecular weight excluding hydrogens is 310 g/mol. The lowest BCUT2D eigenvalue weighted by atomic mass is 9.84. The van der Waals surface area contributed by atoms with Crippen LogP contribution in [0, 0.1) is 0 Å². The maximum atomic E-state index is 10.8. The molecule has 1 heterocycles. The molecule has 2 aromatic carbocycles. The third-order valence-corrected chi connectivity index (χ3v) is 5.40. The van der Waals surface area contributed by atoms with Gasteiger partial charge in [0, 0.05) is 24.2 Å². The molecule has 5 heteroatoms. The first-order chi connectivity index (χ1) is 10.8. The van der Waals surface area contributed by atoms with E-state index in [-0.39, 0.29) is 11.2 Å². The molecule has 1 N–H and O–H groups in total. The van der Waals surface area contributed by atoms with E-state index < -0.39 is 10.1 Å². The van der Waals surface area contributed by atoms with Crippen LogP contribution in [0.5, 0.6) is 0 Å². The van der Waals surface area contributed by atoms with E-state index >= 15 is 0 Å². The Hall–Kier alpha value is -1.59. The minimum Gasteiger partial charge on any atom is -0.370 e. The van der Waals surface area contributed by atoms with Gasteiger partial charge in [-0.3, -0.25) is 4.55 Å². The van der Waals surface area contributed by atoms with Gasteiger partial charge in [0.15, 0.2) is 0 Å². The second-order valence-electron chi connectivity index (χ2n) is 6.98. The molecule has 0 amide bonds. The molecule has 0 saturated carbocycles. The number of rotatable bonds is 5. The molecule has 0 unspecified atom stereocenters. The monoisotopic (exact) mass is 333 g/mol. The second kappa shape index (κ2) is 5.80. The fraction of sp³-hybridized carbons (Fsp3) is 0.444. The standard InChI is InChI=1S/C18H23NO3S/c1-18(2)13-19(11-5-6-12-23(20,21)22)16-10-9-14-7-3-4-8-15(14)17(16)18/h3-4,7-10H,5-6,11-13H2,1-2H3,(H,20,21,22). The topological polar surface area (TPSA) is 57.6 Å². The van der Waals surface area contributed by atoms with E-state index in [9.17, 15) is 8.42 Å². The second-order valence-corrected chi connectivity index (χ2v) is 8.55. The maximum absolute atomic E-state index is 10.8. The molecule has 1 aliphatic heterocycles. The average molecular weight is 333 g/mol. The molecule has 0 fully saturated rings. The Kier molecular flexibility index (Phi) is 4.10. The Morgan fingerprint density at radius 3 is 2.61 bits per heavy atom. The molecule has 0 aromatic heterocycles. The molecule has 124 valence electrons. The normalized spacial score (nSPS) is 16.7. The lowest BCUT2D eigenvalue weighted by molar-refractivity contribution is 0.479. The van der Waals surface area contributed by atoms with Gasteiger partial charge in [0.25, 0.3) is 10.1 Å². The van der Waals surface area contributed by atoms with Crippen molar-refractivity contribution in [2.45, 2.75) is 32.1 Å². The van der Waals surface area contributed by atoms with Crippen molar-refractivity contribution in [3.05, 3.63) is 42.0 Å². The first-order valence-electron chi connectivity index (χ1n) is 8.00. The predicted molar refractivity (Wildman–Crippen MR) is 94.8 cm³/mol. The molecule has 0 saturated heterocycles. The van der Waals surface area contributed by atoms with Crippen LogP contribution in [0.15, 0.2) is 36.4 Å². The van der Waals surface area contributed by atoms with Crippen molar-refractivity contribution in [3.63, 3.8) is 0 Å². The summed E-state index contributed by atoms with van der Waals surface area (Å²) in [6.07, 6.45) is 1.24. The first kappa shape index (κ1) is 16.3. The van der Waals surface area contributed by atoms with Gasteiger partial charge >= 0.3 is 0 Å². The highest BCUT2D eigenvalue weighted by molar-refractivity contribution is 7.85. The maximum Gasteiger partial charge on any atom is 0.264 e. The molecule has 0 aliphatic carbocycles. The van der Waals surface area contributed by atoms with E-state index in [4.69, 9.17) is 4.55 Å². The van der Waals surface area contributed by atoms with Crippen LogP contribution in [-0.2, 0) is 15.5 Å². The highest BCUT2D eigenvalue weighted by Gasteiger charge is 2.36. The molecule has 0 atom stereocenters. The number of fused-ring (bicyclic) bond motifs is 3. The zero-order valence-electron chi connectivity index (χ0n) is 13.6. The van der Waals surface area contributed by atoms with Gasteiger partial charge in [-0.1, -0.05) is 44.2 Å². The fourth-order valence-corrected chi connectivity index (χ4v) is 4.23. The van der Waals surface area contributed by atoms with Gasteiger partial charge in [-0.25, -0.2) is 0 Å². The van der Waals surface area contributed by atoms with E-state index in [1.807, 2.05) is 0 Å². The Morgan fingerprint density at radius 2 is 1.87 bits per heavy atom. The molecule has 2 aromatic rings. The summed E-state index contributed by atoms with van der Waals surface area (Å²) in [7, 11) is -3.85. The summed E-state index contributed by atoms with van der Waals surface area (Å²) in [6.45, 7) is 6.26. The van der Waals surface area contributed by atoms with Gasteiger partial charge in [0.05, 0.1) is 5.75 Å². The first-order valence-corrected chi connectivity index (χ1v) is 9.61. The van der Waals surface area contributed by atoms with E-state index in [1.165, 1.54) is 22.0 Å². The van der Waals surface area contributed by atoms with E-state index in [2.05, 4.69) is 55.1 Å². The fourth-order valence-electron chi connectivity index (χ4n) is 3.66. The Balaban J connectivity index is 1.84. The van der Waals surface area contributed by atoms with Crippen LogP contribution in [0.4, 0.5) is 5.69 Å². The number of hydrogen-bond acceptors (Lipinski definition) is 3. The molecule has 0 bridgehead atoms. The summed E-state index contributed by atoms with van der Waals surface area (Å²) >= 11 is 0. The van der Waals surface area contributed by atoms with Gasteiger partial charge in [-0.2, -0.15) is 8.42 Å². The van der Waals surface area contributed by atoms with Crippen molar-refractivity contribution in [2.75, 3.05) is 23.7 Å². The van der Waals surface area contributed by atoms with Gasteiger partial charge in [0.1, 0.15) is 0 Å². The quantitative estimate of drug-likeness (QED) is 0.671. The largest absolute Gasteiger partial charge is 0.370 e. The minimum absolute atomic E-state index is 0.0687. The van der Waals surface area contributed by atoms with E-state index in [0.29, 0.717) is 6.42 Å². The number of anilines is 1. The molecular formula is C18H23NO3S. The summed E-state index contributed by atoms with van der Waals surface area (Å²) < 4.78 is 30.5. The summed E-state index contributed by atoms with van der Waals surface area (Å²) in [5, 5.41) is 2.56. The number of nitrogens with zero attached hydrogens (tertiary/aromatic N) is 1.